The highest BCUT2D eigenvalue weighted by molar-refractivity contribution is 5.99. The van der Waals surface area contributed by atoms with Crippen molar-refractivity contribution in [3.05, 3.63) is 35.6 Å². The first kappa shape index (κ1) is 8.87. The molecule has 0 spiro atoms. The average Bonchev–Trinajstić information content (AvgIpc) is 2.04. The smallest absolute Gasteiger partial charge is 0.179 e. The lowest BCUT2D eigenvalue weighted by Gasteiger charge is -2.02. The van der Waals surface area contributed by atoms with Crippen molar-refractivity contribution in [1.82, 2.24) is 0 Å². The van der Waals surface area contributed by atoms with Gasteiger partial charge in [-0.15, -0.1) is 0 Å². The van der Waals surface area contributed by atoms with Crippen molar-refractivity contribution >= 4 is 5.78 Å². The minimum Gasteiger partial charge on any atom is -0.321 e. The predicted molar refractivity (Wildman–Crippen MR) is 44.4 cm³/mol. The van der Waals surface area contributed by atoms with Crippen molar-refractivity contribution in [2.45, 2.75) is 13.0 Å². The number of halogens is 1. The van der Waals surface area contributed by atoms with Gasteiger partial charge in [0.25, 0.3) is 0 Å². The highest BCUT2D eigenvalue weighted by Crippen LogP contribution is 2.04. The van der Waals surface area contributed by atoms with Gasteiger partial charge < -0.3 is 5.73 Å². The molecule has 1 rings (SSSR count). The van der Waals surface area contributed by atoms with Crippen LogP contribution in [0, 0.1) is 5.82 Å². The van der Waals surface area contributed by atoms with Crippen molar-refractivity contribution in [3.8, 4) is 0 Å². The van der Waals surface area contributed by atoms with Gasteiger partial charge in [-0.05, 0) is 31.2 Å². The third-order valence-corrected chi connectivity index (χ3v) is 1.54. The van der Waals surface area contributed by atoms with E-state index in [9.17, 15) is 9.18 Å². The van der Waals surface area contributed by atoms with Gasteiger partial charge >= 0.3 is 0 Å². The molecule has 0 fully saturated rings. The standard InChI is InChI=1S/C9H10FNO/c1-6(11)9(12)7-2-4-8(10)5-3-7/h2-6H,11H2,1H3/t6-/m0/s1. The number of carbonyl (C=O) groups is 1. The van der Waals surface area contributed by atoms with Crippen LogP contribution in [0.4, 0.5) is 4.39 Å². The molecule has 1 aromatic rings. The second kappa shape index (κ2) is 3.45. The summed E-state index contributed by atoms with van der Waals surface area (Å²) in [5.41, 5.74) is 5.81. The molecule has 1 atom stereocenters. The Labute approximate surface area is 70.2 Å². The lowest BCUT2D eigenvalue weighted by molar-refractivity contribution is 0.0968. The van der Waals surface area contributed by atoms with E-state index in [4.69, 9.17) is 5.73 Å². The molecule has 3 heteroatoms. The number of benzene rings is 1. The zero-order valence-electron chi connectivity index (χ0n) is 6.75. The van der Waals surface area contributed by atoms with Crippen LogP contribution in [0.1, 0.15) is 17.3 Å². The van der Waals surface area contributed by atoms with Crippen LogP contribution in [0.5, 0.6) is 0 Å². The molecule has 0 bridgehead atoms. The Balaban J connectivity index is 2.90. The number of Topliss-reactive ketones (excluding diaryl/α,β-unsaturated/α-hetero) is 1. The molecular weight excluding hydrogens is 157 g/mol. The summed E-state index contributed by atoms with van der Waals surface area (Å²) < 4.78 is 12.4. The number of rotatable bonds is 2. The second-order valence-corrected chi connectivity index (χ2v) is 2.66. The monoisotopic (exact) mass is 167 g/mol. The van der Waals surface area contributed by atoms with Crippen LogP contribution in [0.3, 0.4) is 0 Å². The van der Waals surface area contributed by atoms with E-state index < -0.39 is 6.04 Å². The fourth-order valence-corrected chi connectivity index (χ4v) is 0.877. The third kappa shape index (κ3) is 1.89. The maximum atomic E-state index is 12.4. The summed E-state index contributed by atoms with van der Waals surface area (Å²) in [6.07, 6.45) is 0. The van der Waals surface area contributed by atoms with Crippen LogP contribution >= 0.6 is 0 Å². The molecule has 64 valence electrons. The SMILES string of the molecule is C[C@H](N)C(=O)c1ccc(F)cc1. The second-order valence-electron chi connectivity index (χ2n) is 2.66. The molecule has 0 aromatic heterocycles. The van der Waals surface area contributed by atoms with Crippen LogP contribution < -0.4 is 5.73 Å². The van der Waals surface area contributed by atoms with Gasteiger partial charge in [-0.3, -0.25) is 4.79 Å². The first-order valence-electron chi connectivity index (χ1n) is 3.66. The van der Waals surface area contributed by atoms with E-state index in [-0.39, 0.29) is 11.6 Å². The molecular formula is C9H10FNO. The Morgan fingerprint density at radius 2 is 1.92 bits per heavy atom. The minimum absolute atomic E-state index is 0.171. The van der Waals surface area contributed by atoms with Crippen molar-refractivity contribution in [2.24, 2.45) is 5.73 Å². The summed E-state index contributed by atoms with van der Waals surface area (Å²) in [7, 11) is 0. The Morgan fingerprint density at radius 1 is 1.42 bits per heavy atom. The molecule has 0 saturated carbocycles. The molecule has 0 aliphatic carbocycles. The predicted octanol–water partition coefficient (Wildman–Crippen LogP) is 1.36. The van der Waals surface area contributed by atoms with Gasteiger partial charge in [0.05, 0.1) is 6.04 Å². The quantitative estimate of drug-likeness (QED) is 0.676. The fourth-order valence-electron chi connectivity index (χ4n) is 0.877. The Hall–Kier alpha value is -1.22. The highest BCUT2D eigenvalue weighted by Gasteiger charge is 2.09. The van der Waals surface area contributed by atoms with E-state index in [0.29, 0.717) is 5.56 Å². The summed E-state index contributed by atoms with van der Waals surface area (Å²) in [5.74, 6) is -0.522. The largest absolute Gasteiger partial charge is 0.321 e. The van der Waals surface area contributed by atoms with Crippen LogP contribution in [-0.4, -0.2) is 11.8 Å². The van der Waals surface area contributed by atoms with Crippen molar-refractivity contribution in [3.63, 3.8) is 0 Å². The van der Waals surface area contributed by atoms with Crippen LogP contribution in [0.25, 0.3) is 0 Å². The molecule has 0 heterocycles. The topological polar surface area (TPSA) is 43.1 Å². The van der Waals surface area contributed by atoms with Crippen LogP contribution in [-0.2, 0) is 0 Å². The zero-order chi connectivity index (χ0) is 9.14. The number of nitrogens with two attached hydrogens (primary N) is 1. The third-order valence-electron chi connectivity index (χ3n) is 1.54. The van der Waals surface area contributed by atoms with Gasteiger partial charge in [0.1, 0.15) is 5.82 Å². The molecule has 1 aromatic carbocycles. The maximum Gasteiger partial charge on any atom is 0.179 e. The van der Waals surface area contributed by atoms with Gasteiger partial charge in [0, 0.05) is 5.56 Å². The lowest BCUT2D eigenvalue weighted by atomic mass is 10.1. The molecule has 0 radical (unpaired) electrons. The number of hydrogen-bond acceptors (Lipinski definition) is 2. The van der Waals surface area contributed by atoms with Crippen LogP contribution in [0.2, 0.25) is 0 Å². The summed E-state index contributed by atoms with van der Waals surface area (Å²) in [5, 5.41) is 0. The Kier molecular flexibility index (Phi) is 2.55. The Bertz CT molecular complexity index is 279. The van der Waals surface area contributed by atoms with Crippen molar-refractivity contribution in [1.29, 1.82) is 0 Å². The molecule has 0 saturated heterocycles. The normalized spacial score (nSPS) is 12.6. The number of ketones is 1. The van der Waals surface area contributed by atoms with Crippen molar-refractivity contribution < 1.29 is 9.18 Å². The first-order chi connectivity index (χ1) is 5.61. The number of hydrogen-bond donors (Lipinski definition) is 1. The summed E-state index contributed by atoms with van der Waals surface area (Å²) in [4.78, 5) is 11.2. The number of carbonyl (C=O) groups excluding carboxylic acids is 1. The lowest BCUT2D eigenvalue weighted by Crippen LogP contribution is -2.26. The summed E-state index contributed by atoms with van der Waals surface area (Å²) >= 11 is 0. The molecule has 12 heavy (non-hydrogen) atoms. The molecule has 0 amide bonds. The van der Waals surface area contributed by atoms with E-state index in [0.717, 1.165) is 0 Å². The molecule has 0 unspecified atom stereocenters. The zero-order valence-corrected chi connectivity index (χ0v) is 6.75. The molecule has 0 aliphatic heterocycles. The fraction of sp³-hybridized carbons (Fsp3) is 0.222. The van der Waals surface area contributed by atoms with Gasteiger partial charge in [-0.2, -0.15) is 0 Å². The van der Waals surface area contributed by atoms with Gasteiger partial charge in [-0.25, -0.2) is 4.39 Å². The molecule has 2 nitrogen and oxygen atoms in total. The highest BCUT2D eigenvalue weighted by atomic mass is 19.1. The maximum absolute atomic E-state index is 12.4. The van der Waals surface area contributed by atoms with E-state index in [1.165, 1.54) is 24.3 Å². The van der Waals surface area contributed by atoms with E-state index in [1.54, 1.807) is 6.92 Å². The Morgan fingerprint density at radius 3 is 2.33 bits per heavy atom. The van der Waals surface area contributed by atoms with Gasteiger partial charge in [0.15, 0.2) is 5.78 Å². The molecule has 0 aliphatic rings. The molecule has 2 N–H and O–H groups in total. The summed E-state index contributed by atoms with van der Waals surface area (Å²) in [6.45, 7) is 1.60. The van der Waals surface area contributed by atoms with E-state index >= 15 is 0 Å². The first-order valence-corrected chi connectivity index (χ1v) is 3.66. The van der Waals surface area contributed by atoms with Crippen LogP contribution in [0.15, 0.2) is 24.3 Å². The van der Waals surface area contributed by atoms with E-state index in [2.05, 4.69) is 0 Å². The van der Waals surface area contributed by atoms with Crippen molar-refractivity contribution in [2.75, 3.05) is 0 Å². The average molecular weight is 167 g/mol. The minimum atomic E-state index is -0.532. The van der Waals surface area contributed by atoms with E-state index in [1.807, 2.05) is 0 Å². The van der Waals surface area contributed by atoms with Gasteiger partial charge in [0.2, 0.25) is 0 Å². The van der Waals surface area contributed by atoms with Gasteiger partial charge in [-0.1, -0.05) is 0 Å². The summed E-state index contributed by atoms with van der Waals surface area (Å²) in [6, 6.07) is 4.82.